The summed E-state index contributed by atoms with van der Waals surface area (Å²) in [5.74, 6) is 1.15. The first-order valence-electron chi connectivity index (χ1n) is 19.6. The highest BCUT2D eigenvalue weighted by Gasteiger charge is 2.71. The molecule has 10 rings (SSSR count). The Morgan fingerprint density at radius 3 is 2.33 bits per heavy atom. The molecule has 1 heterocycles. The van der Waals surface area contributed by atoms with Crippen LogP contribution in [-0.2, 0) is 20.0 Å². The van der Waals surface area contributed by atoms with E-state index < -0.39 is 43.2 Å². The van der Waals surface area contributed by atoms with Crippen LogP contribution in [0.15, 0.2) is 48.7 Å². The minimum absolute atomic E-state index is 0.0264. The number of carbonyl (C=O) groups excluding carboxylic acids is 2. The third-order valence-electron chi connectivity index (χ3n) is 14.3. The second-order valence-corrected chi connectivity index (χ2v) is 22.1. The average molecular weight is 858 g/mol. The Hall–Kier alpha value is -3.95. The van der Waals surface area contributed by atoms with Crippen LogP contribution in [0.2, 0.25) is 5.02 Å². The molecule has 58 heavy (non-hydrogen) atoms. The molecule has 7 fully saturated rings. The molecular weight excluding hydrogens is 809 g/mol. The Kier molecular flexibility index (Phi) is 10.1. The number of carbonyl (C=O) groups is 2. The predicted octanol–water partition coefficient (Wildman–Crippen LogP) is 6.88. The molecule has 8 unspecified atom stereocenters. The summed E-state index contributed by atoms with van der Waals surface area (Å²) in [6.45, 7) is 5.60. The van der Waals surface area contributed by atoms with Gasteiger partial charge in [-0.2, -0.15) is 0 Å². The summed E-state index contributed by atoms with van der Waals surface area (Å²) in [5, 5.41) is 0.0300. The quantitative estimate of drug-likeness (QED) is 0.185. The lowest BCUT2D eigenvalue weighted by atomic mass is 9.38. The number of amides is 2. The lowest BCUT2D eigenvalue weighted by Gasteiger charge is -2.67. The molecule has 16 heteroatoms. The Morgan fingerprint density at radius 2 is 1.62 bits per heavy atom. The van der Waals surface area contributed by atoms with Crippen molar-refractivity contribution in [2.45, 2.75) is 58.8 Å². The fraction of sp³-hybridized carbons (Fsp3) is 0.548. The number of hydrogen-bond donors (Lipinski definition) is 2. The minimum atomic E-state index is -3.89. The molecule has 2 N–H and O–H groups in total. The topological polar surface area (TPSA) is 167 Å². The summed E-state index contributed by atoms with van der Waals surface area (Å²) in [5.41, 5.74) is 1.12. The van der Waals surface area contributed by atoms with Crippen LogP contribution in [0.1, 0.15) is 79.5 Å². The molecule has 0 spiro atoms. The summed E-state index contributed by atoms with van der Waals surface area (Å²) >= 11 is 6.47. The number of sulfonamides is 2. The van der Waals surface area contributed by atoms with Crippen LogP contribution in [0, 0.1) is 57.6 Å². The molecule has 8 atom stereocenters. The minimum Gasteiger partial charge on any atom is -0.492 e. The number of halogens is 2. The van der Waals surface area contributed by atoms with Crippen molar-refractivity contribution >= 4 is 43.5 Å². The lowest BCUT2D eigenvalue weighted by molar-refractivity contribution is -0.188. The van der Waals surface area contributed by atoms with Gasteiger partial charge in [0.1, 0.15) is 17.3 Å². The SMILES string of the molecule is COc1ncccc1-c1cc(C(=O)NS(C)(=O)=O)ccc1OCC12CC3CC(C1)C(C1CC(COc4cc(F)c(C(=O)NS(C)(=O)=O)cc4Cl)C4CC1C4(C)C)(C3)C2. The van der Waals surface area contributed by atoms with E-state index in [4.69, 9.17) is 25.8 Å². The Labute approximate surface area is 344 Å². The van der Waals surface area contributed by atoms with E-state index in [9.17, 15) is 26.4 Å². The predicted molar refractivity (Wildman–Crippen MR) is 215 cm³/mol. The highest BCUT2D eigenvalue weighted by molar-refractivity contribution is 7.89. The number of pyridine rings is 1. The average Bonchev–Trinajstić information content (AvgIpc) is 3.54. The maximum atomic E-state index is 15.1. The van der Waals surface area contributed by atoms with E-state index in [0.29, 0.717) is 65.6 Å². The number of rotatable bonds is 13. The van der Waals surface area contributed by atoms with Gasteiger partial charge < -0.3 is 14.2 Å². The van der Waals surface area contributed by atoms with E-state index in [2.05, 4.69) is 18.8 Å². The summed E-state index contributed by atoms with van der Waals surface area (Å²) in [6.07, 6.45) is 11.1. The molecule has 3 aromatic rings. The Bertz CT molecular complexity index is 2410. The number of hydrogen-bond acceptors (Lipinski definition) is 10. The van der Waals surface area contributed by atoms with Gasteiger partial charge >= 0.3 is 0 Å². The van der Waals surface area contributed by atoms with E-state index in [1.807, 2.05) is 10.8 Å². The monoisotopic (exact) mass is 857 g/mol. The molecule has 2 aromatic carbocycles. The number of nitrogens with zero attached hydrogens (tertiary/aromatic N) is 1. The van der Waals surface area contributed by atoms with Crippen molar-refractivity contribution in [1.82, 2.24) is 14.4 Å². The second kappa shape index (κ2) is 14.4. The maximum Gasteiger partial charge on any atom is 0.267 e. The Balaban J connectivity index is 1.02. The van der Waals surface area contributed by atoms with E-state index in [1.54, 1.807) is 35.2 Å². The van der Waals surface area contributed by atoms with Crippen molar-refractivity contribution in [2.24, 2.45) is 51.8 Å². The van der Waals surface area contributed by atoms with Gasteiger partial charge in [-0.3, -0.25) is 9.59 Å². The zero-order valence-corrected chi connectivity index (χ0v) is 35.5. The largest absolute Gasteiger partial charge is 0.492 e. The van der Waals surface area contributed by atoms with Gasteiger partial charge in [-0.05, 0) is 128 Å². The van der Waals surface area contributed by atoms with Crippen molar-refractivity contribution in [2.75, 3.05) is 32.8 Å². The fourth-order valence-corrected chi connectivity index (χ4v) is 13.4. The van der Waals surface area contributed by atoms with Crippen molar-refractivity contribution in [3.8, 4) is 28.5 Å². The summed E-state index contributed by atoms with van der Waals surface area (Å²) in [6, 6.07) is 10.7. The molecule has 0 aliphatic heterocycles. The van der Waals surface area contributed by atoms with Crippen LogP contribution in [0.4, 0.5) is 4.39 Å². The van der Waals surface area contributed by atoms with Crippen molar-refractivity contribution in [3.05, 3.63) is 70.6 Å². The number of ether oxygens (including phenoxy) is 3. The van der Waals surface area contributed by atoms with Crippen LogP contribution >= 0.6 is 11.6 Å². The van der Waals surface area contributed by atoms with Crippen LogP contribution in [0.5, 0.6) is 17.4 Å². The number of aromatic nitrogens is 1. The van der Waals surface area contributed by atoms with E-state index >= 15 is 4.39 Å². The van der Waals surface area contributed by atoms with Gasteiger partial charge in [-0.15, -0.1) is 0 Å². The van der Waals surface area contributed by atoms with E-state index in [0.717, 1.165) is 56.7 Å². The third-order valence-corrected chi connectivity index (χ3v) is 15.7. The normalized spacial score (nSPS) is 30.3. The molecule has 312 valence electrons. The van der Waals surface area contributed by atoms with Crippen LogP contribution in [-0.4, -0.2) is 66.5 Å². The summed E-state index contributed by atoms with van der Waals surface area (Å²) < 4.78 is 84.4. The number of fused-ring (bicyclic) bond motifs is 2. The highest BCUT2D eigenvalue weighted by atomic mass is 35.5. The molecule has 12 nitrogen and oxygen atoms in total. The first kappa shape index (κ1) is 40.8. The standard InChI is InChI=1S/C42H49ClFN3O9S2/c1-40(2)30-15-31(40)32(13-25(30)20-55-36-16-34(44)29(14-33(36)43)38(49)47-58(5,52)53)42-18-23-11-26(42)19-41(17-23,21-42)22-56-35-9-8-24(37(48)46-57(4,50)51)12-28(35)27-7-6-10-45-39(27)54-3/h6-10,12,14,16,23,25-26,30-32H,11,13,15,17-22H2,1-5H3,(H,46,48)(H,47,49). The van der Waals surface area contributed by atoms with Gasteiger partial charge in [-0.25, -0.2) is 35.7 Å². The van der Waals surface area contributed by atoms with E-state index in [-0.39, 0.29) is 38.5 Å². The fourth-order valence-electron chi connectivity index (χ4n) is 12.3. The first-order valence-corrected chi connectivity index (χ1v) is 23.8. The summed E-state index contributed by atoms with van der Waals surface area (Å²) in [7, 11) is -6.16. The number of methoxy groups -OCH3 is 1. The first-order chi connectivity index (χ1) is 27.2. The van der Waals surface area contributed by atoms with Gasteiger partial charge in [-0.1, -0.05) is 25.4 Å². The smallest absolute Gasteiger partial charge is 0.267 e. The molecule has 7 aliphatic carbocycles. The van der Waals surface area contributed by atoms with Crippen LogP contribution in [0.25, 0.3) is 11.1 Å². The molecule has 6 bridgehead atoms. The summed E-state index contributed by atoms with van der Waals surface area (Å²) in [4.78, 5) is 29.7. The van der Waals surface area contributed by atoms with Gasteiger partial charge in [0.05, 0.1) is 43.4 Å². The van der Waals surface area contributed by atoms with E-state index in [1.165, 1.54) is 20.0 Å². The molecule has 0 radical (unpaired) electrons. The van der Waals surface area contributed by atoms with Crippen LogP contribution < -0.4 is 23.7 Å². The molecular formula is C42H49ClFN3O9S2. The number of benzene rings is 2. The highest BCUT2D eigenvalue weighted by Crippen LogP contribution is 2.78. The zero-order valence-electron chi connectivity index (χ0n) is 33.1. The van der Waals surface area contributed by atoms with Gasteiger partial charge in [0.25, 0.3) is 11.8 Å². The molecule has 7 saturated carbocycles. The second-order valence-electron chi connectivity index (χ2n) is 18.2. The maximum absolute atomic E-state index is 15.1. The lowest BCUT2D eigenvalue weighted by Crippen LogP contribution is -2.61. The van der Waals surface area contributed by atoms with Crippen molar-refractivity contribution in [3.63, 3.8) is 0 Å². The van der Waals surface area contributed by atoms with Gasteiger partial charge in [0, 0.05) is 34.4 Å². The third kappa shape index (κ3) is 7.33. The molecule has 2 amide bonds. The Morgan fingerprint density at radius 1 is 0.879 bits per heavy atom. The molecule has 1 aromatic heterocycles. The van der Waals surface area contributed by atoms with Crippen LogP contribution in [0.3, 0.4) is 0 Å². The van der Waals surface area contributed by atoms with Crippen molar-refractivity contribution in [1.29, 1.82) is 0 Å². The molecule has 7 aliphatic rings. The van der Waals surface area contributed by atoms with Crippen molar-refractivity contribution < 1.29 is 45.0 Å². The zero-order chi connectivity index (χ0) is 41.6. The van der Waals surface area contributed by atoms with Gasteiger partial charge in [0.15, 0.2) is 0 Å². The van der Waals surface area contributed by atoms with Gasteiger partial charge in [0.2, 0.25) is 25.9 Å². The molecule has 0 saturated heterocycles. The number of nitrogens with one attached hydrogen (secondary N) is 2.